The van der Waals surface area contributed by atoms with Crippen molar-refractivity contribution in [2.24, 2.45) is 0 Å². The van der Waals surface area contributed by atoms with E-state index in [4.69, 9.17) is 0 Å². The molecule has 0 spiro atoms. The Kier molecular flexibility index (Phi) is 5.12. The second-order valence-corrected chi connectivity index (χ2v) is 5.71. The number of hydrogen-bond acceptors (Lipinski definition) is 6. The Bertz CT molecular complexity index is 844. The third-order valence-corrected chi connectivity index (χ3v) is 3.53. The summed E-state index contributed by atoms with van der Waals surface area (Å²) in [5, 5.41) is 9.46. The average Bonchev–Trinajstić information content (AvgIpc) is 2.60. The first kappa shape index (κ1) is 16.1. The van der Waals surface area contributed by atoms with E-state index in [1.165, 1.54) is 6.33 Å². The van der Waals surface area contributed by atoms with E-state index < -0.39 is 0 Å². The highest BCUT2D eigenvalue weighted by Crippen LogP contribution is 2.20. The van der Waals surface area contributed by atoms with E-state index in [9.17, 15) is 4.79 Å². The smallest absolute Gasteiger partial charge is 0.319 e. The van der Waals surface area contributed by atoms with Gasteiger partial charge in [0.2, 0.25) is 0 Å². The molecule has 0 aliphatic rings. The number of amides is 2. The minimum Gasteiger partial charge on any atom is -0.368 e. The number of nitrogens with one attached hydrogen (secondary N) is 3. The number of urea groups is 1. The zero-order chi connectivity index (χ0) is 16.8. The number of nitrogens with zero attached hydrogens (tertiary/aromatic N) is 4. The molecule has 9 heteroatoms. The van der Waals surface area contributed by atoms with Crippen molar-refractivity contribution < 1.29 is 4.79 Å². The van der Waals surface area contributed by atoms with Crippen LogP contribution in [0.4, 0.5) is 16.3 Å². The van der Waals surface area contributed by atoms with E-state index in [2.05, 4.69) is 51.8 Å². The zero-order valence-electron chi connectivity index (χ0n) is 12.5. The summed E-state index contributed by atoms with van der Waals surface area (Å²) < 4.78 is 0.850. The van der Waals surface area contributed by atoms with Crippen LogP contribution in [-0.4, -0.2) is 39.1 Å². The molecule has 0 aromatic carbocycles. The molecule has 0 atom stereocenters. The topological polar surface area (TPSA) is 105 Å². The van der Waals surface area contributed by atoms with E-state index in [1.54, 1.807) is 30.7 Å². The van der Waals surface area contributed by atoms with Crippen molar-refractivity contribution in [2.75, 3.05) is 23.7 Å². The van der Waals surface area contributed by atoms with Crippen LogP contribution in [0.25, 0.3) is 11.0 Å². The molecule has 3 aromatic rings. The third kappa shape index (κ3) is 4.13. The highest BCUT2D eigenvalue weighted by molar-refractivity contribution is 9.10. The van der Waals surface area contributed by atoms with Crippen LogP contribution in [-0.2, 0) is 0 Å². The molecule has 2 amide bonds. The minimum absolute atomic E-state index is 0.278. The van der Waals surface area contributed by atoms with Crippen LogP contribution in [0.3, 0.4) is 0 Å². The number of carbonyl (C=O) groups excluding carboxylic acids is 1. The Hall–Kier alpha value is -2.81. The SMILES string of the molecule is O=C(NCCNc1ncnc2ncc(Br)cc12)Nc1ccncc1. The van der Waals surface area contributed by atoms with Crippen molar-refractivity contribution in [1.29, 1.82) is 0 Å². The summed E-state index contributed by atoms with van der Waals surface area (Å²) >= 11 is 3.38. The lowest BCUT2D eigenvalue weighted by atomic mass is 10.3. The Morgan fingerprint density at radius 2 is 1.96 bits per heavy atom. The molecule has 122 valence electrons. The van der Waals surface area contributed by atoms with Gasteiger partial charge in [-0.2, -0.15) is 0 Å². The van der Waals surface area contributed by atoms with Gasteiger partial charge < -0.3 is 16.0 Å². The first-order chi connectivity index (χ1) is 11.7. The average molecular weight is 388 g/mol. The fraction of sp³-hybridized carbons (Fsp3) is 0.133. The monoisotopic (exact) mass is 387 g/mol. The molecule has 0 aliphatic carbocycles. The normalized spacial score (nSPS) is 10.4. The molecule has 3 aromatic heterocycles. The lowest BCUT2D eigenvalue weighted by Gasteiger charge is -2.10. The molecule has 3 heterocycles. The fourth-order valence-corrected chi connectivity index (χ4v) is 2.36. The van der Waals surface area contributed by atoms with Gasteiger partial charge in [-0.25, -0.2) is 19.7 Å². The lowest BCUT2D eigenvalue weighted by molar-refractivity contribution is 0.252. The van der Waals surface area contributed by atoms with E-state index in [-0.39, 0.29) is 6.03 Å². The molecule has 3 rings (SSSR count). The molecule has 3 N–H and O–H groups in total. The van der Waals surface area contributed by atoms with Crippen LogP contribution in [0.1, 0.15) is 0 Å². The Morgan fingerprint density at radius 1 is 1.12 bits per heavy atom. The number of fused-ring (bicyclic) bond motifs is 1. The van der Waals surface area contributed by atoms with E-state index in [0.717, 1.165) is 9.86 Å². The van der Waals surface area contributed by atoms with Crippen molar-refractivity contribution in [3.63, 3.8) is 0 Å². The summed E-state index contributed by atoms with van der Waals surface area (Å²) in [4.78, 5) is 28.2. The fourth-order valence-electron chi connectivity index (χ4n) is 2.03. The molecule has 8 nitrogen and oxygen atoms in total. The summed E-state index contributed by atoms with van der Waals surface area (Å²) in [5.41, 5.74) is 1.30. The predicted octanol–water partition coefficient (Wildman–Crippen LogP) is 2.42. The molecular weight excluding hydrogens is 374 g/mol. The maximum atomic E-state index is 11.8. The summed E-state index contributed by atoms with van der Waals surface area (Å²) in [5.74, 6) is 0.671. The van der Waals surface area contributed by atoms with Crippen molar-refractivity contribution in [1.82, 2.24) is 25.3 Å². The minimum atomic E-state index is -0.278. The number of pyridine rings is 2. The molecule has 0 radical (unpaired) electrons. The Morgan fingerprint density at radius 3 is 2.79 bits per heavy atom. The van der Waals surface area contributed by atoms with E-state index in [0.29, 0.717) is 30.2 Å². The van der Waals surface area contributed by atoms with Gasteiger partial charge in [0.05, 0.1) is 5.39 Å². The summed E-state index contributed by atoms with van der Waals surface area (Å²) in [6.45, 7) is 0.951. The molecule has 0 bridgehead atoms. The van der Waals surface area contributed by atoms with E-state index in [1.807, 2.05) is 6.07 Å². The molecule has 0 unspecified atom stereocenters. The van der Waals surface area contributed by atoms with Gasteiger partial charge in [0.15, 0.2) is 5.65 Å². The molecule has 0 saturated carbocycles. The summed E-state index contributed by atoms with van der Waals surface area (Å²) in [7, 11) is 0. The number of rotatable bonds is 5. The first-order valence-corrected chi connectivity index (χ1v) is 7.97. The molecule has 0 fully saturated rings. The molecular formula is C15H14BrN7O. The second kappa shape index (κ2) is 7.64. The molecule has 0 aliphatic heterocycles. The van der Waals surface area contributed by atoms with Gasteiger partial charge in [-0.1, -0.05) is 0 Å². The van der Waals surface area contributed by atoms with Crippen LogP contribution >= 0.6 is 15.9 Å². The first-order valence-electron chi connectivity index (χ1n) is 7.17. The largest absolute Gasteiger partial charge is 0.368 e. The predicted molar refractivity (Wildman–Crippen MR) is 94.8 cm³/mol. The number of aromatic nitrogens is 4. The van der Waals surface area contributed by atoms with Crippen molar-refractivity contribution >= 4 is 44.5 Å². The van der Waals surface area contributed by atoms with Crippen LogP contribution in [0.15, 0.2) is 47.6 Å². The van der Waals surface area contributed by atoms with Crippen LogP contribution in [0.2, 0.25) is 0 Å². The van der Waals surface area contributed by atoms with Crippen LogP contribution in [0.5, 0.6) is 0 Å². The maximum Gasteiger partial charge on any atom is 0.319 e. The number of halogens is 1. The summed E-state index contributed by atoms with van der Waals surface area (Å²) in [6.07, 6.45) is 6.37. The van der Waals surface area contributed by atoms with Gasteiger partial charge >= 0.3 is 6.03 Å². The molecule has 24 heavy (non-hydrogen) atoms. The molecule has 0 saturated heterocycles. The van der Waals surface area contributed by atoms with Gasteiger partial charge in [-0.05, 0) is 34.1 Å². The second-order valence-electron chi connectivity index (χ2n) is 4.79. The van der Waals surface area contributed by atoms with Gasteiger partial charge in [0.1, 0.15) is 12.1 Å². The summed E-state index contributed by atoms with van der Waals surface area (Å²) in [6, 6.07) is 5.06. The number of carbonyl (C=O) groups is 1. The Labute approximate surface area is 146 Å². The highest BCUT2D eigenvalue weighted by Gasteiger charge is 2.05. The van der Waals surface area contributed by atoms with Crippen LogP contribution in [0, 0.1) is 0 Å². The van der Waals surface area contributed by atoms with Gasteiger partial charge in [-0.3, -0.25) is 4.98 Å². The standard InChI is InChI=1S/C15H14BrN7O/c16-10-7-12-13(21-9-22-14(12)20-8-10)18-5-6-19-15(24)23-11-1-3-17-4-2-11/h1-4,7-9H,5-6H2,(H2,17,19,23,24)(H,18,20,21,22). The quantitative estimate of drug-likeness (QED) is 0.580. The zero-order valence-corrected chi connectivity index (χ0v) is 14.1. The van der Waals surface area contributed by atoms with Crippen molar-refractivity contribution in [2.45, 2.75) is 0 Å². The third-order valence-electron chi connectivity index (χ3n) is 3.10. The number of anilines is 2. The highest BCUT2D eigenvalue weighted by atomic mass is 79.9. The van der Waals surface area contributed by atoms with Crippen molar-refractivity contribution in [3.8, 4) is 0 Å². The van der Waals surface area contributed by atoms with Gasteiger partial charge in [0, 0.05) is 41.8 Å². The van der Waals surface area contributed by atoms with Crippen LogP contribution < -0.4 is 16.0 Å². The van der Waals surface area contributed by atoms with Crippen molar-refractivity contribution in [3.05, 3.63) is 47.6 Å². The van der Waals surface area contributed by atoms with E-state index >= 15 is 0 Å². The maximum absolute atomic E-state index is 11.8. The Balaban J connectivity index is 1.52. The van der Waals surface area contributed by atoms with Gasteiger partial charge in [0.25, 0.3) is 0 Å². The number of hydrogen-bond donors (Lipinski definition) is 3. The van der Waals surface area contributed by atoms with Gasteiger partial charge in [-0.15, -0.1) is 0 Å². The lowest BCUT2D eigenvalue weighted by Crippen LogP contribution is -2.32.